The molecule has 31 heavy (non-hydrogen) atoms. The van der Waals surface area contributed by atoms with Gasteiger partial charge in [-0.3, -0.25) is 9.59 Å². The smallest absolute Gasteiger partial charge is 0.262 e. The standard InChI is InChI=1S/C21H22ClN3O5S/c1-13-3-4-15(9-14(13)2)21(27)24-5-7-25(8-6-24)31(28,29)19-11-18-17(10-16(19)22)23-20(26)12-30-18/h3-4,9-11H,5-8,12H2,1-2H3,(H,23,26). The molecule has 8 nitrogen and oxygen atoms in total. The Morgan fingerprint density at radius 2 is 1.77 bits per heavy atom. The molecule has 0 saturated carbocycles. The van der Waals surface area contributed by atoms with Crippen LogP contribution in [0.4, 0.5) is 5.69 Å². The molecule has 1 fully saturated rings. The first-order valence-corrected chi connectivity index (χ1v) is 11.6. The molecule has 2 aliphatic heterocycles. The molecule has 164 valence electrons. The number of rotatable bonds is 3. The van der Waals surface area contributed by atoms with Crippen LogP contribution in [0.2, 0.25) is 5.02 Å². The van der Waals surface area contributed by atoms with E-state index in [4.69, 9.17) is 16.3 Å². The zero-order valence-corrected chi connectivity index (χ0v) is 18.7. The fourth-order valence-corrected chi connectivity index (χ4v) is 5.55. The molecule has 2 aromatic carbocycles. The van der Waals surface area contributed by atoms with Crippen molar-refractivity contribution in [1.29, 1.82) is 0 Å². The Balaban J connectivity index is 1.50. The molecule has 0 aromatic heterocycles. The molecule has 0 spiro atoms. The molecule has 0 aliphatic carbocycles. The monoisotopic (exact) mass is 463 g/mol. The number of nitrogens with zero attached hydrogens (tertiary/aromatic N) is 2. The third kappa shape index (κ3) is 4.13. The largest absolute Gasteiger partial charge is 0.482 e. The van der Waals surface area contributed by atoms with Crippen molar-refractivity contribution in [2.75, 3.05) is 38.1 Å². The normalized spacial score (nSPS) is 17.0. The number of carbonyl (C=O) groups is 2. The molecule has 2 aliphatic rings. The van der Waals surface area contributed by atoms with Crippen LogP contribution in [-0.4, -0.2) is 62.2 Å². The van der Waals surface area contributed by atoms with Gasteiger partial charge >= 0.3 is 0 Å². The Bertz CT molecular complexity index is 1170. The highest BCUT2D eigenvalue weighted by molar-refractivity contribution is 7.89. The van der Waals surface area contributed by atoms with E-state index in [1.54, 1.807) is 11.0 Å². The van der Waals surface area contributed by atoms with Gasteiger partial charge in [0.2, 0.25) is 10.0 Å². The second-order valence-corrected chi connectivity index (χ2v) is 9.92. The summed E-state index contributed by atoms with van der Waals surface area (Å²) >= 11 is 6.22. The summed E-state index contributed by atoms with van der Waals surface area (Å²) in [5.74, 6) is -0.189. The lowest BCUT2D eigenvalue weighted by Gasteiger charge is -2.34. The predicted octanol–water partition coefficient (Wildman–Crippen LogP) is 2.43. The van der Waals surface area contributed by atoms with Crippen molar-refractivity contribution >= 4 is 39.1 Å². The van der Waals surface area contributed by atoms with Crippen molar-refractivity contribution in [3.05, 3.63) is 52.0 Å². The number of sulfonamides is 1. The maximum atomic E-state index is 13.2. The molecule has 2 amide bonds. The predicted molar refractivity (Wildman–Crippen MR) is 116 cm³/mol. The van der Waals surface area contributed by atoms with E-state index in [1.165, 1.54) is 16.4 Å². The van der Waals surface area contributed by atoms with Gasteiger partial charge in [0.1, 0.15) is 10.6 Å². The van der Waals surface area contributed by atoms with Crippen LogP contribution in [0.25, 0.3) is 0 Å². The number of amides is 2. The zero-order chi connectivity index (χ0) is 22.3. The Morgan fingerprint density at radius 3 is 2.45 bits per heavy atom. The topological polar surface area (TPSA) is 96.0 Å². The number of hydrogen-bond donors (Lipinski definition) is 1. The molecular formula is C21H22ClN3O5S. The Kier molecular flexibility index (Phi) is 5.67. The molecule has 2 heterocycles. The van der Waals surface area contributed by atoms with Crippen LogP contribution in [0.5, 0.6) is 5.75 Å². The summed E-state index contributed by atoms with van der Waals surface area (Å²) in [6.45, 7) is 4.62. The van der Waals surface area contributed by atoms with Crippen LogP contribution in [0.1, 0.15) is 21.5 Å². The van der Waals surface area contributed by atoms with Gasteiger partial charge in [-0.25, -0.2) is 8.42 Å². The van der Waals surface area contributed by atoms with Crippen LogP contribution in [-0.2, 0) is 14.8 Å². The van der Waals surface area contributed by atoms with Crippen molar-refractivity contribution in [2.45, 2.75) is 18.7 Å². The number of piperazine rings is 1. The maximum Gasteiger partial charge on any atom is 0.262 e. The van der Waals surface area contributed by atoms with Gasteiger partial charge in [0.05, 0.1) is 10.7 Å². The lowest BCUT2D eigenvalue weighted by Crippen LogP contribution is -2.50. The van der Waals surface area contributed by atoms with Gasteiger partial charge in [0.15, 0.2) is 6.61 Å². The van der Waals surface area contributed by atoms with Gasteiger partial charge < -0.3 is 15.0 Å². The van der Waals surface area contributed by atoms with Crippen molar-refractivity contribution in [1.82, 2.24) is 9.21 Å². The molecule has 1 saturated heterocycles. The number of fused-ring (bicyclic) bond motifs is 1. The maximum absolute atomic E-state index is 13.2. The minimum Gasteiger partial charge on any atom is -0.482 e. The third-order valence-electron chi connectivity index (χ3n) is 5.56. The van der Waals surface area contributed by atoms with E-state index in [0.29, 0.717) is 11.3 Å². The molecule has 0 atom stereocenters. The molecular weight excluding hydrogens is 442 g/mol. The van der Waals surface area contributed by atoms with Crippen molar-refractivity contribution in [3.8, 4) is 5.75 Å². The van der Waals surface area contributed by atoms with E-state index in [1.807, 2.05) is 26.0 Å². The minimum atomic E-state index is -3.90. The van der Waals surface area contributed by atoms with Crippen LogP contribution in [0.3, 0.4) is 0 Å². The summed E-state index contributed by atoms with van der Waals surface area (Å²) in [4.78, 5) is 25.8. The summed E-state index contributed by atoms with van der Waals surface area (Å²) in [6, 6.07) is 8.26. The van der Waals surface area contributed by atoms with Gasteiger partial charge in [-0.15, -0.1) is 0 Å². The fraction of sp³-hybridized carbons (Fsp3) is 0.333. The lowest BCUT2D eigenvalue weighted by molar-refractivity contribution is -0.118. The van der Waals surface area contributed by atoms with Gasteiger partial charge in [0, 0.05) is 37.8 Å². The van der Waals surface area contributed by atoms with Crippen LogP contribution < -0.4 is 10.1 Å². The van der Waals surface area contributed by atoms with Crippen molar-refractivity contribution < 1.29 is 22.7 Å². The molecule has 0 unspecified atom stereocenters. The highest BCUT2D eigenvalue weighted by Gasteiger charge is 2.33. The summed E-state index contributed by atoms with van der Waals surface area (Å²) < 4.78 is 33.0. The average Bonchev–Trinajstić information content (AvgIpc) is 2.74. The molecule has 0 bridgehead atoms. The molecule has 1 N–H and O–H groups in total. The quantitative estimate of drug-likeness (QED) is 0.754. The first-order valence-electron chi connectivity index (χ1n) is 9.79. The highest BCUT2D eigenvalue weighted by Crippen LogP contribution is 2.37. The van der Waals surface area contributed by atoms with E-state index in [2.05, 4.69) is 5.32 Å². The van der Waals surface area contributed by atoms with Gasteiger partial charge in [-0.05, 0) is 43.2 Å². The van der Waals surface area contributed by atoms with E-state index in [-0.39, 0.29) is 60.3 Å². The van der Waals surface area contributed by atoms with Crippen molar-refractivity contribution in [3.63, 3.8) is 0 Å². The highest BCUT2D eigenvalue weighted by atomic mass is 35.5. The van der Waals surface area contributed by atoms with E-state index >= 15 is 0 Å². The number of aryl methyl sites for hydroxylation is 2. The van der Waals surface area contributed by atoms with Gasteiger partial charge in [-0.2, -0.15) is 4.31 Å². The number of ether oxygens (including phenoxy) is 1. The number of benzene rings is 2. The SMILES string of the molecule is Cc1ccc(C(=O)N2CCN(S(=O)(=O)c3cc4c(cc3Cl)NC(=O)CO4)CC2)cc1C. The second kappa shape index (κ2) is 8.14. The molecule has 10 heteroatoms. The first-order chi connectivity index (χ1) is 14.7. The summed E-state index contributed by atoms with van der Waals surface area (Å²) in [7, 11) is -3.90. The summed E-state index contributed by atoms with van der Waals surface area (Å²) in [6.07, 6.45) is 0. The number of nitrogens with one attached hydrogen (secondary N) is 1. The Hall–Kier alpha value is -2.62. The van der Waals surface area contributed by atoms with E-state index < -0.39 is 10.0 Å². The third-order valence-corrected chi connectivity index (χ3v) is 7.93. The van der Waals surface area contributed by atoms with E-state index in [9.17, 15) is 18.0 Å². The molecule has 4 rings (SSSR count). The van der Waals surface area contributed by atoms with Gasteiger partial charge in [0.25, 0.3) is 11.8 Å². The van der Waals surface area contributed by atoms with Crippen LogP contribution in [0, 0.1) is 13.8 Å². The fourth-order valence-electron chi connectivity index (χ4n) is 3.61. The number of halogens is 1. The molecule has 2 aromatic rings. The minimum absolute atomic E-state index is 0.00168. The van der Waals surface area contributed by atoms with Crippen LogP contribution in [0.15, 0.2) is 35.2 Å². The Morgan fingerprint density at radius 1 is 1.06 bits per heavy atom. The van der Waals surface area contributed by atoms with Crippen LogP contribution >= 0.6 is 11.6 Å². The number of hydrogen-bond acceptors (Lipinski definition) is 5. The lowest BCUT2D eigenvalue weighted by atomic mass is 10.1. The summed E-state index contributed by atoms with van der Waals surface area (Å²) in [5.41, 5.74) is 3.07. The first kappa shape index (κ1) is 21.6. The Labute approximate surface area is 185 Å². The zero-order valence-electron chi connectivity index (χ0n) is 17.1. The number of carbonyl (C=O) groups excluding carboxylic acids is 2. The average molecular weight is 464 g/mol. The second-order valence-electron chi connectivity index (χ2n) is 7.61. The number of anilines is 1. The summed E-state index contributed by atoms with van der Waals surface area (Å²) in [5, 5.41) is 2.60. The van der Waals surface area contributed by atoms with E-state index in [0.717, 1.165) is 11.1 Å². The molecule has 0 radical (unpaired) electrons. The van der Waals surface area contributed by atoms with Crippen molar-refractivity contribution in [2.24, 2.45) is 0 Å². The van der Waals surface area contributed by atoms with Gasteiger partial charge in [-0.1, -0.05) is 17.7 Å².